The molecule has 1 atom stereocenters. The lowest BCUT2D eigenvalue weighted by Crippen LogP contribution is -2.43. The van der Waals surface area contributed by atoms with Crippen LogP contribution in [0.1, 0.15) is 55.3 Å². The molecule has 0 aliphatic rings. The predicted molar refractivity (Wildman–Crippen MR) is 69.4 cm³/mol. The Morgan fingerprint density at radius 3 is 2.41 bits per heavy atom. The average molecular weight is 322 g/mol. The van der Waals surface area contributed by atoms with Crippen molar-refractivity contribution in [3.05, 3.63) is 17.5 Å². The molecule has 0 aromatic carbocycles. The van der Waals surface area contributed by atoms with Crippen LogP contribution in [0.15, 0.2) is 10.6 Å². The third-order valence-electron chi connectivity index (χ3n) is 3.20. The Morgan fingerprint density at radius 1 is 1.36 bits per heavy atom. The van der Waals surface area contributed by atoms with Gasteiger partial charge in [-0.3, -0.25) is 4.79 Å². The summed E-state index contributed by atoms with van der Waals surface area (Å²) in [6.45, 7) is 3.85. The standard InChI is InChI=1S/C13H17F3N2O4/c1-3-7(4-2)8-5-10(22-18-8)11(19)17-9(12(20)21)6-13(14,15)16/h5,7,9H,3-4,6H2,1-2H3,(H,17,19)(H,20,21). The van der Waals surface area contributed by atoms with Gasteiger partial charge in [0.1, 0.15) is 6.04 Å². The molecule has 6 nitrogen and oxygen atoms in total. The monoisotopic (exact) mass is 322 g/mol. The number of amides is 1. The Balaban J connectivity index is 2.80. The van der Waals surface area contributed by atoms with Gasteiger partial charge in [0.15, 0.2) is 0 Å². The Morgan fingerprint density at radius 2 is 1.95 bits per heavy atom. The molecule has 9 heteroatoms. The van der Waals surface area contributed by atoms with E-state index >= 15 is 0 Å². The van der Waals surface area contributed by atoms with E-state index in [1.807, 2.05) is 13.8 Å². The summed E-state index contributed by atoms with van der Waals surface area (Å²) in [5, 5.41) is 14.2. The molecule has 0 bridgehead atoms. The zero-order valence-electron chi connectivity index (χ0n) is 12.1. The number of hydrogen-bond acceptors (Lipinski definition) is 4. The van der Waals surface area contributed by atoms with Gasteiger partial charge in [-0.25, -0.2) is 4.79 Å². The van der Waals surface area contributed by atoms with Crippen molar-refractivity contribution in [2.75, 3.05) is 0 Å². The quantitative estimate of drug-likeness (QED) is 0.805. The molecule has 1 unspecified atom stereocenters. The maximum absolute atomic E-state index is 12.3. The number of carbonyl (C=O) groups excluding carboxylic acids is 1. The van der Waals surface area contributed by atoms with Gasteiger partial charge in [0.2, 0.25) is 5.76 Å². The summed E-state index contributed by atoms with van der Waals surface area (Å²) in [6, 6.07) is -0.756. The second-order valence-corrected chi connectivity index (χ2v) is 4.81. The van der Waals surface area contributed by atoms with Crippen LogP contribution in [0, 0.1) is 0 Å². The summed E-state index contributed by atoms with van der Waals surface area (Å²) < 4.78 is 41.6. The lowest BCUT2D eigenvalue weighted by atomic mass is 9.99. The van der Waals surface area contributed by atoms with E-state index in [9.17, 15) is 22.8 Å². The SMILES string of the molecule is CCC(CC)c1cc(C(=O)NC(CC(F)(F)F)C(=O)O)on1. The van der Waals surface area contributed by atoms with Crippen LogP contribution in [0.4, 0.5) is 13.2 Å². The molecule has 0 aliphatic heterocycles. The molecule has 1 aromatic rings. The van der Waals surface area contributed by atoms with Crippen molar-refractivity contribution < 1.29 is 32.4 Å². The number of carboxylic acids is 1. The molecular formula is C13H17F3N2O4. The van der Waals surface area contributed by atoms with Crippen LogP contribution in [0.2, 0.25) is 0 Å². The summed E-state index contributed by atoms with van der Waals surface area (Å²) in [5.74, 6) is -3.06. The van der Waals surface area contributed by atoms with Gasteiger partial charge in [-0.15, -0.1) is 0 Å². The third-order valence-corrected chi connectivity index (χ3v) is 3.20. The largest absolute Gasteiger partial charge is 0.480 e. The van der Waals surface area contributed by atoms with Crippen molar-refractivity contribution in [2.45, 2.75) is 51.2 Å². The van der Waals surface area contributed by atoms with Crippen LogP contribution < -0.4 is 5.32 Å². The number of halogens is 3. The molecular weight excluding hydrogens is 305 g/mol. The topological polar surface area (TPSA) is 92.4 Å². The van der Waals surface area contributed by atoms with E-state index in [2.05, 4.69) is 5.16 Å². The van der Waals surface area contributed by atoms with E-state index < -0.39 is 30.5 Å². The zero-order valence-corrected chi connectivity index (χ0v) is 12.1. The van der Waals surface area contributed by atoms with E-state index in [4.69, 9.17) is 9.63 Å². The van der Waals surface area contributed by atoms with E-state index in [1.54, 1.807) is 5.32 Å². The third kappa shape index (κ3) is 5.05. The zero-order chi connectivity index (χ0) is 16.9. The first-order chi connectivity index (χ1) is 10.2. The van der Waals surface area contributed by atoms with Crippen molar-refractivity contribution in [1.29, 1.82) is 0 Å². The molecule has 0 fully saturated rings. The number of carbonyl (C=O) groups is 2. The molecule has 0 saturated heterocycles. The minimum Gasteiger partial charge on any atom is -0.480 e. The van der Waals surface area contributed by atoms with Gasteiger partial charge in [-0.2, -0.15) is 13.2 Å². The number of carboxylic acid groups (broad SMARTS) is 1. The Bertz CT molecular complexity index is 524. The Kier molecular flexibility index (Phi) is 5.95. The first-order valence-corrected chi connectivity index (χ1v) is 6.74. The smallest absolute Gasteiger partial charge is 0.391 e. The number of nitrogens with one attached hydrogen (secondary N) is 1. The van der Waals surface area contributed by atoms with Crippen LogP contribution in [-0.4, -0.2) is 34.4 Å². The number of nitrogens with zero attached hydrogens (tertiary/aromatic N) is 1. The minimum atomic E-state index is -4.71. The molecule has 1 amide bonds. The van der Waals surface area contributed by atoms with Crippen molar-refractivity contribution in [3.8, 4) is 0 Å². The lowest BCUT2D eigenvalue weighted by molar-refractivity contribution is -0.157. The summed E-state index contributed by atoms with van der Waals surface area (Å²) in [6.07, 6.45) is -4.86. The first kappa shape index (κ1) is 18.0. The second-order valence-electron chi connectivity index (χ2n) is 4.81. The van der Waals surface area contributed by atoms with E-state index in [-0.39, 0.29) is 11.7 Å². The van der Waals surface area contributed by atoms with Gasteiger partial charge >= 0.3 is 12.1 Å². The highest BCUT2D eigenvalue weighted by Crippen LogP contribution is 2.24. The van der Waals surface area contributed by atoms with Gasteiger partial charge < -0.3 is 14.9 Å². The second kappa shape index (κ2) is 7.28. The molecule has 0 spiro atoms. The van der Waals surface area contributed by atoms with Crippen molar-refractivity contribution in [2.24, 2.45) is 0 Å². The fourth-order valence-corrected chi connectivity index (χ4v) is 1.96. The highest BCUT2D eigenvalue weighted by Gasteiger charge is 2.36. The molecule has 1 rings (SSSR count). The summed E-state index contributed by atoms with van der Waals surface area (Å²) in [4.78, 5) is 22.6. The Hall–Kier alpha value is -2.06. The number of aliphatic carboxylic acids is 1. The lowest BCUT2D eigenvalue weighted by Gasteiger charge is -2.15. The van der Waals surface area contributed by atoms with Gasteiger partial charge in [0.05, 0.1) is 12.1 Å². The fraction of sp³-hybridized carbons (Fsp3) is 0.615. The molecule has 2 N–H and O–H groups in total. The summed E-state index contributed by atoms with van der Waals surface area (Å²) in [7, 11) is 0. The first-order valence-electron chi connectivity index (χ1n) is 6.74. The minimum absolute atomic E-state index is 0.0655. The average Bonchev–Trinajstić information content (AvgIpc) is 2.87. The van der Waals surface area contributed by atoms with Crippen molar-refractivity contribution in [3.63, 3.8) is 0 Å². The van der Waals surface area contributed by atoms with E-state index in [0.717, 1.165) is 12.8 Å². The van der Waals surface area contributed by atoms with Gasteiger partial charge in [0.25, 0.3) is 5.91 Å². The number of hydrogen-bond donors (Lipinski definition) is 2. The van der Waals surface area contributed by atoms with Gasteiger partial charge in [0, 0.05) is 12.0 Å². The normalized spacial score (nSPS) is 13.2. The summed E-state index contributed by atoms with van der Waals surface area (Å²) in [5.41, 5.74) is 0.512. The van der Waals surface area contributed by atoms with Crippen LogP contribution in [0.25, 0.3) is 0 Å². The maximum atomic E-state index is 12.3. The summed E-state index contributed by atoms with van der Waals surface area (Å²) >= 11 is 0. The van der Waals surface area contributed by atoms with E-state index in [1.165, 1.54) is 6.07 Å². The fourth-order valence-electron chi connectivity index (χ4n) is 1.96. The van der Waals surface area contributed by atoms with Crippen LogP contribution in [-0.2, 0) is 4.79 Å². The molecule has 124 valence electrons. The highest BCUT2D eigenvalue weighted by atomic mass is 19.4. The van der Waals surface area contributed by atoms with Gasteiger partial charge in [-0.1, -0.05) is 19.0 Å². The van der Waals surface area contributed by atoms with Crippen LogP contribution in [0.3, 0.4) is 0 Å². The number of rotatable bonds is 7. The van der Waals surface area contributed by atoms with Crippen molar-refractivity contribution in [1.82, 2.24) is 10.5 Å². The molecule has 1 aromatic heterocycles. The number of aromatic nitrogens is 1. The van der Waals surface area contributed by atoms with Gasteiger partial charge in [-0.05, 0) is 12.8 Å². The molecule has 1 heterocycles. The van der Waals surface area contributed by atoms with Crippen LogP contribution in [0.5, 0.6) is 0 Å². The van der Waals surface area contributed by atoms with Crippen molar-refractivity contribution >= 4 is 11.9 Å². The maximum Gasteiger partial charge on any atom is 0.391 e. The molecule has 22 heavy (non-hydrogen) atoms. The molecule has 0 aliphatic carbocycles. The highest BCUT2D eigenvalue weighted by molar-refractivity contribution is 5.94. The predicted octanol–water partition coefficient (Wildman–Crippen LogP) is 2.71. The van der Waals surface area contributed by atoms with Crippen LogP contribution >= 0.6 is 0 Å². The molecule has 0 radical (unpaired) electrons. The van der Waals surface area contributed by atoms with E-state index in [0.29, 0.717) is 5.69 Å². The number of alkyl halides is 3. The molecule has 0 saturated carbocycles. The Labute approximate surface area is 124 Å².